The Morgan fingerprint density at radius 3 is 2.02 bits per heavy atom. The minimum absolute atomic E-state index is 0.0497. The van der Waals surface area contributed by atoms with E-state index < -0.39 is 53.7 Å². The standard InChI is InChI=1S/C28H34F6N4O4/c1-6-21-12-22(16-38(21)25(40)42-26(2,3)4)37(24-35-13-17(14-36-24)7-8-23(39)41-5)15-18-9-19(27(29,30)31)11-20(10-18)28(32,33)34/h9-11,13-14,21-22H,6-8,12,15-16H2,1-5H3/t21?,22-/m0/s1. The zero-order valence-corrected chi connectivity index (χ0v) is 24.0. The van der Waals surface area contributed by atoms with E-state index in [2.05, 4.69) is 14.7 Å². The van der Waals surface area contributed by atoms with Crippen LogP contribution >= 0.6 is 0 Å². The minimum atomic E-state index is -5.01. The lowest BCUT2D eigenvalue weighted by Crippen LogP contribution is -2.42. The van der Waals surface area contributed by atoms with E-state index >= 15 is 0 Å². The summed E-state index contributed by atoms with van der Waals surface area (Å²) in [7, 11) is 1.25. The Balaban J connectivity index is 2.01. The number of hydrogen-bond donors (Lipinski definition) is 0. The van der Waals surface area contributed by atoms with Crippen LogP contribution in [0.3, 0.4) is 0 Å². The highest BCUT2D eigenvalue weighted by Gasteiger charge is 2.41. The molecule has 0 aliphatic carbocycles. The summed E-state index contributed by atoms with van der Waals surface area (Å²) >= 11 is 0. The van der Waals surface area contributed by atoms with Gasteiger partial charge < -0.3 is 19.3 Å². The number of alkyl halides is 6. The molecule has 232 valence electrons. The fraction of sp³-hybridized carbons (Fsp3) is 0.571. The van der Waals surface area contributed by atoms with Crippen LogP contribution in [-0.2, 0) is 39.6 Å². The predicted molar refractivity (Wildman–Crippen MR) is 140 cm³/mol. The Labute approximate surface area is 240 Å². The Bertz CT molecular complexity index is 1210. The van der Waals surface area contributed by atoms with E-state index in [0.717, 1.165) is 0 Å². The molecule has 0 radical (unpaired) electrons. The van der Waals surface area contributed by atoms with Crippen LogP contribution in [0.1, 0.15) is 69.2 Å². The number of aromatic nitrogens is 2. The van der Waals surface area contributed by atoms with Crippen molar-refractivity contribution < 1.29 is 45.4 Å². The molecule has 2 aromatic rings. The Hall–Kier alpha value is -3.58. The molecule has 8 nitrogen and oxygen atoms in total. The number of rotatable bonds is 8. The van der Waals surface area contributed by atoms with Gasteiger partial charge in [0.2, 0.25) is 5.95 Å². The zero-order chi connectivity index (χ0) is 31.5. The van der Waals surface area contributed by atoms with Gasteiger partial charge in [-0.2, -0.15) is 26.3 Å². The monoisotopic (exact) mass is 604 g/mol. The average molecular weight is 605 g/mol. The molecule has 0 bridgehead atoms. The number of amides is 1. The van der Waals surface area contributed by atoms with E-state index in [0.29, 0.717) is 30.5 Å². The Morgan fingerprint density at radius 2 is 1.55 bits per heavy atom. The van der Waals surface area contributed by atoms with Crippen LogP contribution in [0.5, 0.6) is 0 Å². The van der Waals surface area contributed by atoms with Crippen LogP contribution in [0.25, 0.3) is 0 Å². The number of halogens is 6. The van der Waals surface area contributed by atoms with Gasteiger partial charge >= 0.3 is 24.4 Å². The highest BCUT2D eigenvalue weighted by atomic mass is 19.4. The maximum Gasteiger partial charge on any atom is 0.416 e. The average Bonchev–Trinajstić information content (AvgIpc) is 3.33. The number of carbonyl (C=O) groups excluding carboxylic acids is 2. The van der Waals surface area contributed by atoms with E-state index in [1.807, 2.05) is 6.92 Å². The van der Waals surface area contributed by atoms with Crippen molar-refractivity contribution in [2.45, 2.75) is 90.0 Å². The fourth-order valence-corrected chi connectivity index (χ4v) is 4.69. The van der Waals surface area contributed by atoms with Gasteiger partial charge in [0, 0.05) is 37.9 Å². The topological polar surface area (TPSA) is 84.9 Å². The fourth-order valence-electron chi connectivity index (χ4n) is 4.69. The SMILES string of the molecule is CCC1C[C@H](N(Cc2cc(C(F)(F)F)cc(C(F)(F)F)c2)c2ncc(CCC(=O)OC)cn2)CN1C(=O)OC(C)(C)C. The maximum atomic E-state index is 13.6. The Morgan fingerprint density at radius 1 is 0.976 bits per heavy atom. The van der Waals surface area contributed by atoms with Crippen LogP contribution in [0, 0.1) is 0 Å². The first-order valence-corrected chi connectivity index (χ1v) is 13.3. The van der Waals surface area contributed by atoms with E-state index in [9.17, 15) is 35.9 Å². The summed E-state index contributed by atoms with van der Waals surface area (Å²) in [6.45, 7) is 6.71. The first kappa shape index (κ1) is 32.9. The van der Waals surface area contributed by atoms with Gasteiger partial charge in [-0.15, -0.1) is 0 Å². The molecule has 0 saturated carbocycles. The first-order chi connectivity index (χ1) is 19.4. The molecule has 0 N–H and O–H groups in total. The van der Waals surface area contributed by atoms with Crippen LogP contribution in [-0.4, -0.2) is 58.3 Å². The van der Waals surface area contributed by atoms with Crippen LogP contribution in [0.2, 0.25) is 0 Å². The summed E-state index contributed by atoms with van der Waals surface area (Å²) in [5.41, 5.74) is -3.31. The second kappa shape index (κ2) is 12.7. The first-order valence-electron chi connectivity index (χ1n) is 13.3. The molecule has 1 fully saturated rings. The molecule has 42 heavy (non-hydrogen) atoms. The van der Waals surface area contributed by atoms with E-state index in [1.165, 1.54) is 29.3 Å². The number of aryl methyl sites for hydroxylation is 1. The molecule has 1 aliphatic heterocycles. The van der Waals surface area contributed by atoms with Gasteiger partial charge in [-0.25, -0.2) is 14.8 Å². The molecule has 2 heterocycles. The summed E-state index contributed by atoms with van der Waals surface area (Å²) in [6.07, 6.45) is -6.49. The summed E-state index contributed by atoms with van der Waals surface area (Å²) in [4.78, 5) is 36.1. The number of carbonyl (C=O) groups is 2. The molecule has 0 spiro atoms. The lowest BCUT2D eigenvalue weighted by molar-refractivity contribution is -0.143. The molecular formula is C28H34F6N4O4. The molecule has 2 atom stereocenters. The summed E-state index contributed by atoms with van der Waals surface area (Å²) in [6, 6.07) is 0.578. The summed E-state index contributed by atoms with van der Waals surface area (Å²) < 4.78 is 91.6. The van der Waals surface area contributed by atoms with Crippen molar-refractivity contribution >= 4 is 18.0 Å². The molecule has 1 saturated heterocycles. The molecular weight excluding hydrogens is 570 g/mol. The zero-order valence-electron chi connectivity index (χ0n) is 24.0. The number of benzene rings is 1. The van der Waals surface area contributed by atoms with Gasteiger partial charge in [0.05, 0.1) is 24.3 Å². The van der Waals surface area contributed by atoms with Crippen LogP contribution < -0.4 is 4.90 Å². The van der Waals surface area contributed by atoms with Crippen molar-refractivity contribution in [3.63, 3.8) is 0 Å². The van der Waals surface area contributed by atoms with Crippen molar-refractivity contribution in [1.82, 2.24) is 14.9 Å². The lowest BCUT2D eigenvalue weighted by Gasteiger charge is -2.30. The van der Waals surface area contributed by atoms with E-state index in [1.54, 1.807) is 20.8 Å². The van der Waals surface area contributed by atoms with Gasteiger partial charge in [-0.3, -0.25) is 4.79 Å². The highest BCUT2D eigenvalue weighted by molar-refractivity contribution is 5.70. The van der Waals surface area contributed by atoms with Gasteiger partial charge in [0.1, 0.15) is 5.60 Å². The van der Waals surface area contributed by atoms with Gasteiger partial charge in [0.25, 0.3) is 0 Å². The highest BCUT2D eigenvalue weighted by Crippen LogP contribution is 2.37. The minimum Gasteiger partial charge on any atom is -0.469 e. The molecule has 1 unspecified atom stereocenters. The molecule has 1 aromatic carbocycles. The molecule has 1 aliphatic rings. The number of methoxy groups -OCH3 is 1. The number of ether oxygens (including phenoxy) is 2. The van der Waals surface area contributed by atoms with Gasteiger partial charge in [0.15, 0.2) is 0 Å². The second-order valence-electron chi connectivity index (χ2n) is 11.1. The number of esters is 1. The number of anilines is 1. The quantitative estimate of drug-likeness (QED) is 0.254. The smallest absolute Gasteiger partial charge is 0.416 e. The van der Waals surface area contributed by atoms with Crippen LogP contribution in [0.4, 0.5) is 37.1 Å². The summed E-state index contributed by atoms with van der Waals surface area (Å²) in [5.74, 6) is -0.391. The third-order valence-corrected chi connectivity index (χ3v) is 6.73. The van der Waals surface area contributed by atoms with Gasteiger partial charge in [-0.05, 0) is 69.4 Å². The largest absolute Gasteiger partial charge is 0.469 e. The normalized spacial score (nSPS) is 17.7. The van der Waals surface area contributed by atoms with Crippen molar-refractivity contribution in [3.05, 3.63) is 52.8 Å². The number of likely N-dealkylation sites (tertiary alicyclic amines) is 1. The third kappa shape index (κ3) is 8.71. The summed E-state index contributed by atoms with van der Waals surface area (Å²) in [5, 5.41) is 0. The van der Waals surface area contributed by atoms with Crippen LogP contribution in [0.15, 0.2) is 30.6 Å². The Kier molecular flexibility index (Phi) is 9.99. The van der Waals surface area contributed by atoms with E-state index in [-0.39, 0.29) is 43.0 Å². The van der Waals surface area contributed by atoms with Crippen molar-refractivity contribution in [3.8, 4) is 0 Å². The predicted octanol–water partition coefficient (Wildman–Crippen LogP) is 6.41. The van der Waals surface area contributed by atoms with Crippen molar-refractivity contribution in [2.75, 3.05) is 18.6 Å². The lowest BCUT2D eigenvalue weighted by atomic mass is 10.0. The van der Waals surface area contributed by atoms with Crippen molar-refractivity contribution in [2.24, 2.45) is 0 Å². The number of nitrogens with zero attached hydrogens (tertiary/aromatic N) is 4. The number of hydrogen-bond acceptors (Lipinski definition) is 7. The molecule has 3 rings (SSSR count). The van der Waals surface area contributed by atoms with Crippen molar-refractivity contribution in [1.29, 1.82) is 0 Å². The molecule has 14 heteroatoms. The third-order valence-electron chi connectivity index (χ3n) is 6.73. The molecule has 1 amide bonds. The maximum absolute atomic E-state index is 13.6. The van der Waals surface area contributed by atoms with Gasteiger partial charge in [-0.1, -0.05) is 6.92 Å². The van der Waals surface area contributed by atoms with E-state index in [4.69, 9.17) is 4.74 Å². The molecule has 1 aromatic heterocycles. The second-order valence-corrected chi connectivity index (χ2v) is 11.1.